The molecule has 0 spiro atoms. The summed E-state index contributed by atoms with van der Waals surface area (Å²) >= 11 is 0. The number of nitrogens with one attached hydrogen (secondary N) is 2. The lowest BCUT2D eigenvalue weighted by Crippen LogP contribution is -2.68. The number of nitrogens with zero attached hydrogens (tertiary/aromatic N) is 1. The van der Waals surface area contributed by atoms with E-state index < -0.39 is 83.4 Å². The van der Waals surface area contributed by atoms with Crippen LogP contribution in [0, 0.1) is 0 Å². The van der Waals surface area contributed by atoms with Crippen LogP contribution in [-0.4, -0.2) is 117 Å². The van der Waals surface area contributed by atoms with Crippen LogP contribution in [0.5, 0.6) is 0 Å². The van der Waals surface area contributed by atoms with Crippen LogP contribution >= 0.6 is 0 Å². The first-order valence-corrected chi connectivity index (χ1v) is 14.2. The van der Waals surface area contributed by atoms with Crippen molar-refractivity contribution in [3.05, 3.63) is 0 Å². The molecule has 0 aromatic carbocycles. The zero-order valence-corrected chi connectivity index (χ0v) is 26.7. The Hall–Kier alpha value is -2.39. The van der Waals surface area contributed by atoms with Crippen molar-refractivity contribution in [3.63, 3.8) is 0 Å². The molecule has 5 N–H and O–H groups in total. The predicted molar refractivity (Wildman–Crippen MR) is 151 cm³/mol. The van der Waals surface area contributed by atoms with Crippen molar-refractivity contribution in [2.75, 3.05) is 13.7 Å². The Labute approximate surface area is 248 Å². The molecule has 3 amide bonds. The fourth-order valence-electron chi connectivity index (χ4n) is 4.93. The third kappa shape index (κ3) is 10.7. The fourth-order valence-corrected chi connectivity index (χ4v) is 4.93. The summed E-state index contributed by atoms with van der Waals surface area (Å²) in [6, 6.07) is -2.70. The first kappa shape index (κ1) is 35.8. The van der Waals surface area contributed by atoms with Gasteiger partial charge in [0.15, 0.2) is 6.29 Å². The third-order valence-electron chi connectivity index (χ3n) is 6.43. The van der Waals surface area contributed by atoms with Gasteiger partial charge in [-0.15, -0.1) is 0 Å². The average molecular weight is 606 g/mol. The first-order valence-electron chi connectivity index (χ1n) is 14.2. The molecule has 2 fully saturated rings. The lowest BCUT2D eigenvalue weighted by Gasteiger charge is -2.49. The van der Waals surface area contributed by atoms with E-state index in [2.05, 4.69) is 10.6 Å². The normalized spacial score (nSPS) is 32.4. The highest BCUT2D eigenvalue weighted by molar-refractivity contribution is 5.69. The molecule has 0 bridgehead atoms. The number of amides is 3. The second kappa shape index (κ2) is 13.1. The van der Waals surface area contributed by atoms with Gasteiger partial charge in [0, 0.05) is 13.1 Å². The summed E-state index contributed by atoms with van der Waals surface area (Å²) < 4.78 is 27.8. The highest BCUT2D eigenvalue weighted by atomic mass is 16.7. The van der Waals surface area contributed by atoms with Crippen molar-refractivity contribution in [1.82, 2.24) is 15.5 Å². The van der Waals surface area contributed by atoms with E-state index in [0.29, 0.717) is 0 Å². The van der Waals surface area contributed by atoms with Gasteiger partial charge >= 0.3 is 18.3 Å². The van der Waals surface area contributed by atoms with E-state index in [1.165, 1.54) is 14.0 Å². The van der Waals surface area contributed by atoms with E-state index in [-0.39, 0.29) is 19.4 Å². The van der Waals surface area contributed by atoms with Crippen molar-refractivity contribution in [1.29, 1.82) is 0 Å². The minimum Gasteiger partial charge on any atom is -0.444 e. The molecule has 1 aliphatic carbocycles. The number of alkyl carbamates (subject to hydrolysis) is 2. The van der Waals surface area contributed by atoms with Crippen LogP contribution in [0.4, 0.5) is 14.4 Å². The van der Waals surface area contributed by atoms with Gasteiger partial charge < -0.3 is 54.5 Å². The van der Waals surface area contributed by atoms with Crippen molar-refractivity contribution in [2.45, 2.75) is 147 Å². The van der Waals surface area contributed by atoms with Gasteiger partial charge in [0.1, 0.15) is 34.6 Å². The van der Waals surface area contributed by atoms with Crippen molar-refractivity contribution in [3.8, 4) is 0 Å². The van der Waals surface area contributed by atoms with Gasteiger partial charge in [-0.3, -0.25) is 0 Å². The molecular weight excluding hydrogens is 554 g/mol. The number of rotatable bonds is 5. The Balaban J connectivity index is 2.27. The van der Waals surface area contributed by atoms with Crippen molar-refractivity contribution in [2.24, 2.45) is 0 Å². The predicted octanol–water partition coefficient (Wildman–Crippen LogP) is 2.02. The topological polar surface area (TPSA) is 185 Å². The summed E-state index contributed by atoms with van der Waals surface area (Å²) in [7, 11) is 1.38. The molecule has 14 nitrogen and oxygen atoms in total. The number of hydrogen-bond donors (Lipinski definition) is 5. The molecule has 244 valence electrons. The number of likely N-dealkylation sites (N-methyl/N-ethyl adjacent to an activating group) is 1. The number of carbonyl (C=O) groups is 3. The maximum absolute atomic E-state index is 12.8. The number of aliphatic hydroxyl groups is 3. The Morgan fingerprint density at radius 2 is 1.36 bits per heavy atom. The number of aliphatic hydroxyl groups excluding tert-OH is 2. The Kier molecular flexibility index (Phi) is 11.2. The molecule has 2 rings (SSSR count). The van der Waals surface area contributed by atoms with Crippen LogP contribution in [0.25, 0.3) is 0 Å². The lowest BCUT2D eigenvalue weighted by atomic mass is 9.85. The average Bonchev–Trinajstić information content (AvgIpc) is 2.73. The number of carbonyl (C=O) groups excluding carboxylic acids is 3. The summed E-state index contributed by atoms with van der Waals surface area (Å²) in [4.78, 5) is 39.0. The number of ether oxygens (including phenoxy) is 5. The van der Waals surface area contributed by atoms with E-state index in [0.717, 1.165) is 4.90 Å². The van der Waals surface area contributed by atoms with Crippen LogP contribution in [0.15, 0.2) is 0 Å². The molecule has 14 heteroatoms. The molecule has 1 heterocycles. The summed E-state index contributed by atoms with van der Waals surface area (Å²) in [5.41, 5.74) is -4.04. The molecule has 42 heavy (non-hydrogen) atoms. The van der Waals surface area contributed by atoms with Gasteiger partial charge in [0.05, 0.1) is 24.8 Å². The van der Waals surface area contributed by atoms with Gasteiger partial charge in [0.2, 0.25) is 0 Å². The molecule has 1 saturated heterocycles. The Bertz CT molecular complexity index is 954. The number of hydrogen-bond acceptors (Lipinski definition) is 11. The lowest BCUT2D eigenvalue weighted by molar-refractivity contribution is -0.301. The quantitative estimate of drug-likeness (QED) is 0.289. The molecule has 0 radical (unpaired) electrons. The molecule has 0 aromatic rings. The third-order valence-corrected chi connectivity index (χ3v) is 6.43. The highest BCUT2D eigenvalue weighted by Gasteiger charge is 2.52. The van der Waals surface area contributed by atoms with Gasteiger partial charge in [-0.1, -0.05) is 0 Å². The summed E-state index contributed by atoms with van der Waals surface area (Å²) in [6.45, 7) is 16.4. The largest absolute Gasteiger partial charge is 0.444 e. The summed E-state index contributed by atoms with van der Waals surface area (Å²) in [5.74, 6) is 0. The molecular formula is C28H51N3O11. The van der Waals surface area contributed by atoms with E-state index in [1.54, 1.807) is 62.3 Å². The minimum absolute atomic E-state index is 0.0399. The molecule has 0 aromatic heterocycles. The standard InChI is InChI=1S/C28H51N3O11/c1-25(2,3)40-22(34)29-15-12-16(30-23(35)41-26(4,5)6)19(17(32)13-15)39-21-18(33)20(28(10,37)14-38-21)31(11)24(36)42-27(7,8)9/h15-21,32-33,37H,12-14H2,1-11H3,(H,29,34)(H,30,35)/t15-,16+,17-,18+,19-,20+,21+,28-/m0/s1. The molecule has 2 aliphatic rings. The van der Waals surface area contributed by atoms with Crippen molar-refractivity contribution >= 4 is 18.3 Å². The molecule has 1 aliphatic heterocycles. The summed E-state index contributed by atoms with van der Waals surface area (Å²) in [5, 5.41) is 38.8. The maximum Gasteiger partial charge on any atom is 0.410 e. The van der Waals surface area contributed by atoms with Crippen LogP contribution in [0.3, 0.4) is 0 Å². The highest BCUT2D eigenvalue weighted by Crippen LogP contribution is 2.32. The zero-order valence-electron chi connectivity index (χ0n) is 26.7. The van der Waals surface area contributed by atoms with Gasteiger partial charge in [-0.2, -0.15) is 0 Å². The second-order valence-electron chi connectivity index (χ2n) is 14.3. The monoisotopic (exact) mass is 605 g/mol. The van der Waals surface area contributed by atoms with Gasteiger partial charge in [0.25, 0.3) is 0 Å². The maximum atomic E-state index is 12.8. The van der Waals surface area contributed by atoms with Crippen LogP contribution in [-0.2, 0) is 23.7 Å². The SMILES string of the molecule is CN(C(=O)OC(C)(C)C)[C@@H]1[C@@H](O)[C@@H](O[C@@H]2[C@@H](O)C[C@@H](NC(=O)OC(C)(C)C)C[C@H]2NC(=O)OC(C)(C)C)OC[C@]1(C)O. The smallest absolute Gasteiger partial charge is 0.410 e. The second-order valence-corrected chi connectivity index (χ2v) is 14.3. The Morgan fingerprint density at radius 1 is 0.857 bits per heavy atom. The van der Waals surface area contributed by atoms with E-state index >= 15 is 0 Å². The fraction of sp³-hybridized carbons (Fsp3) is 0.893. The minimum atomic E-state index is -1.67. The van der Waals surface area contributed by atoms with Crippen molar-refractivity contribution < 1.29 is 53.4 Å². The van der Waals surface area contributed by atoms with Crippen LogP contribution < -0.4 is 10.6 Å². The van der Waals surface area contributed by atoms with E-state index in [1.807, 2.05) is 0 Å². The molecule has 1 saturated carbocycles. The van der Waals surface area contributed by atoms with Gasteiger partial charge in [-0.05, 0) is 82.1 Å². The van der Waals surface area contributed by atoms with Crippen LogP contribution in [0.2, 0.25) is 0 Å². The Morgan fingerprint density at radius 3 is 1.86 bits per heavy atom. The van der Waals surface area contributed by atoms with E-state index in [4.69, 9.17) is 23.7 Å². The zero-order chi connectivity index (χ0) is 32.4. The van der Waals surface area contributed by atoms with Gasteiger partial charge in [-0.25, -0.2) is 14.4 Å². The van der Waals surface area contributed by atoms with E-state index in [9.17, 15) is 29.7 Å². The first-order chi connectivity index (χ1) is 18.9. The van der Waals surface area contributed by atoms with Crippen LogP contribution in [0.1, 0.15) is 82.1 Å². The summed E-state index contributed by atoms with van der Waals surface area (Å²) in [6.07, 6.45) is -7.40. The molecule has 0 unspecified atom stereocenters. The molecule has 8 atom stereocenters.